The highest BCUT2D eigenvalue weighted by atomic mass is 16.5. The number of ether oxygens (including phenoxy) is 1. The maximum absolute atomic E-state index is 12.1. The smallest absolute Gasteiger partial charge is 0.325 e. The lowest BCUT2D eigenvalue weighted by atomic mass is 10.0. The number of hydrogen-bond acceptors (Lipinski definition) is 5. The Kier molecular flexibility index (Phi) is 6.16. The average Bonchev–Trinajstić information content (AvgIpc) is 3.17. The van der Waals surface area contributed by atoms with E-state index in [9.17, 15) is 19.2 Å². The van der Waals surface area contributed by atoms with Crippen LogP contribution in [0.2, 0.25) is 0 Å². The van der Waals surface area contributed by atoms with Crippen molar-refractivity contribution in [1.29, 1.82) is 0 Å². The molecular weight excluding hydrogens is 360 g/mol. The maximum atomic E-state index is 12.1. The summed E-state index contributed by atoms with van der Waals surface area (Å²) in [7, 11) is 0. The van der Waals surface area contributed by atoms with Gasteiger partial charge in [0.05, 0.1) is 0 Å². The van der Waals surface area contributed by atoms with Gasteiger partial charge in [-0.2, -0.15) is 0 Å². The molecule has 0 spiro atoms. The first-order valence-electron chi connectivity index (χ1n) is 8.97. The topological polar surface area (TPSA) is 92.8 Å². The number of nitrogens with one attached hydrogen (secondary N) is 1. The Morgan fingerprint density at radius 2 is 1.64 bits per heavy atom. The van der Waals surface area contributed by atoms with Gasteiger partial charge in [-0.25, -0.2) is 0 Å². The summed E-state index contributed by atoms with van der Waals surface area (Å²) >= 11 is 0. The summed E-state index contributed by atoms with van der Waals surface area (Å²) in [4.78, 5) is 48.2. The van der Waals surface area contributed by atoms with Crippen LogP contribution in [0.15, 0.2) is 54.6 Å². The SMILES string of the molecule is O=C(CNC(=O)c1ccc(-c2ccccc2)cc1)OCC(=O)N1CCCC1=O. The lowest BCUT2D eigenvalue weighted by Gasteiger charge is -2.13. The van der Waals surface area contributed by atoms with E-state index in [4.69, 9.17) is 4.74 Å². The molecule has 1 heterocycles. The van der Waals surface area contributed by atoms with Crippen molar-refractivity contribution >= 4 is 23.7 Å². The van der Waals surface area contributed by atoms with Crippen molar-refractivity contribution < 1.29 is 23.9 Å². The van der Waals surface area contributed by atoms with Crippen LogP contribution >= 0.6 is 0 Å². The standard InChI is InChI=1S/C21H20N2O5/c24-18-7-4-12-23(18)19(25)14-28-20(26)13-22-21(27)17-10-8-16(9-11-17)15-5-2-1-3-6-15/h1-3,5-6,8-11H,4,7,12-14H2,(H,22,27). The van der Waals surface area contributed by atoms with E-state index in [1.54, 1.807) is 12.1 Å². The molecule has 28 heavy (non-hydrogen) atoms. The van der Waals surface area contributed by atoms with Gasteiger partial charge in [-0.3, -0.25) is 24.1 Å². The first kappa shape index (κ1) is 19.3. The van der Waals surface area contributed by atoms with Crippen LogP contribution in [-0.4, -0.2) is 48.3 Å². The van der Waals surface area contributed by atoms with Crippen LogP contribution in [0.1, 0.15) is 23.2 Å². The van der Waals surface area contributed by atoms with E-state index in [2.05, 4.69) is 5.32 Å². The van der Waals surface area contributed by atoms with Crippen LogP contribution in [0.4, 0.5) is 0 Å². The second kappa shape index (κ2) is 8.94. The second-order valence-corrected chi connectivity index (χ2v) is 6.33. The summed E-state index contributed by atoms with van der Waals surface area (Å²) in [6.45, 7) is -0.516. The zero-order valence-electron chi connectivity index (χ0n) is 15.2. The molecular formula is C21H20N2O5. The van der Waals surface area contributed by atoms with Gasteiger partial charge in [0.2, 0.25) is 5.91 Å². The molecule has 3 amide bonds. The Bertz CT molecular complexity index is 877. The summed E-state index contributed by atoms with van der Waals surface area (Å²) in [6.07, 6.45) is 0.955. The molecule has 0 atom stereocenters. The fourth-order valence-electron chi connectivity index (χ4n) is 2.88. The summed E-state index contributed by atoms with van der Waals surface area (Å²) < 4.78 is 4.83. The number of imide groups is 1. The fourth-order valence-corrected chi connectivity index (χ4v) is 2.88. The minimum absolute atomic E-state index is 0.256. The Hall–Kier alpha value is -3.48. The molecule has 1 aliphatic rings. The summed E-state index contributed by atoms with van der Waals surface area (Å²) in [5.74, 6) is -1.96. The number of carbonyl (C=O) groups is 4. The molecule has 1 fully saturated rings. The number of esters is 1. The number of carbonyl (C=O) groups excluding carboxylic acids is 4. The molecule has 3 rings (SSSR count). The largest absolute Gasteiger partial charge is 0.454 e. The third-order valence-electron chi connectivity index (χ3n) is 4.38. The third-order valence-corrected chi connectivity index (χ3v) is 4.38. The van der Waals surface area contributed by atoms with E-state index in [0.29, 0.717) is 24.9 Å². The van der Waals surface area contributed by atoms with Crippen molar-refractivity contribution in [2.75, 3.05) is 19.7 Å². The summed E-state index contributed by atoms with van der Waals surface area (Å²) in [6, 6.07) is 16.8. The summed E-state index contributed by atoms with van der Waals surface area (Å²) in [5.41, 5.74) is 2.43. The molecule has 0 aliphatic carbocycles. The highest BCUT2D eigenvalue weighted by Crippen LogP contribution is 2.19. The Labute approximate surface area is 162 Å². The van der Waals surface area contributed by atoms with Gasteiger partial charge >= 0.3 is 5.97 Å². The molecule has 0 radical (unpaired) electrons. The predicted octanol–water partition coefficient (Wildman–Crippen LogP) is 1.78. The predicted molar refractivity (Wildman–Crippen MR) is 101 cm³/mol. The third kappa shape index (κ3) is 4.82. The fraction of sp³-hybridized carbons (Fsp3) is 0.238. The van der Waals surface area contributed by atoms with Gasteiger partial charge in [0.15, 0.2) is 6.61 Å². The minimum Gasteiger partial charge on any atom is -0.454 e. The van der Waals surface area contributed by atoms with Gasteiger partial charge in [-0.1, -0.05) is 42.5 Å². The van der Waals surface area contributed by atoms with E-state index in [1.165, 1.54) is 0 Å². The average molecular weight is 380 g/mol. The molecule has 0 unspecified atom stereocenters. The van der Waals surface area contributed by atoms with Gasteiger partial charge in [0.1, 0.15) is 6.54 Å². The molecule has 0 aromatic heterocycles. The number of benzene rings is 2. The van der Waals surface area contributed by atoms with Crippen molar-refractivity contribution in [1.82, 2.24) is 10.2 Å². The van der Waals surface area contributed by atoms with Crippen molar-refractivity contribution in [3.8, 4) is 11.1 Å². The van der Waals surface area contributed by atoms with E-state index < -0.39 is 24.4 Å². The monoisotopic (exact) mass is 380 g/mol. The number of hydrogen-bond donors (Lipinski definition) is 1. The van der Waals surface area contributed by atoms with Gasteiger partial charge in [-0.05, 0) is 29.7 Å². The Balaban J connectivity index is 1.45. The minimum atomic E-state index is -0.741. The number of amides is 3. The summed E-state index contributed by atoms with van der Waals surface area (Å²) in [5, 5.41) is 2.45. The van der Waals surface area contributed by atoms with Crippen molar-refractivity contribution in [2.45, 2.75) is 12.8 Å². The maximum Gasteiger partial charge on any atom is 0.325 e. The van der Waals surface area contributed by atoms with Gasteiger partial charge in [0, 0.05) is 18.5 Å². The number of nitrogens with zero attached hydrogens (tertiary/aromatic N) is 1. The molecule has 0 bridgehead atoms. The Morgan fingerprint density at radius 3 is 2.29 bits per heavy atom. The van der Waals surface area contributed by atoms with Crippen LogP contribution in [0.3, 0.4) is 0 Å². The van der Waals surface area contributed by atoms with Crippen LogP contribution in [0.25, 0.3) is 11.1 Å². The number of rotatable bonds is 6. The first-order valence-corrected chi connectivity index (χ1v) is 8.97. The highest BCUT2D eigenvalue weighted by molar-refractivity contribution is 5.98. The van der Waals surface area contributed by atoms with Crippen LogP contribution in [0.5, 0.6) is 0 Å². The van der Waals surface area contributed by atoms with E-state index in [0.717, 1.165) is 16.0 Å². The van der Waals surface area contributed by atoms with E-state index >= 15 is 0 Å². The van der Waals surface area contributed by atoms with Gasteiger partial charge < -0.3 is 10.1 Å². The molecule has 144 valence electrons. The highest BCUT2D eigenvalue weighted by Gasteiger charge is 2.26. The molecule has 1 aliphatic heterocycles. The zero-order valence-corrected chi connectivity index (χ0v) is 15.2. The van der Waals surface area contributed by atoms with Gasteiger partial charge in [0.25, 0.3) is 11.8 Å². The van der Waals surface area contributed by atoms with Crippen molar-refractivity contribution in [3.63, 3.8) is 0 Å². The molecule has 7 heteroatoms. The lowest BCUT2D eigenvalue weighted by Crippen LogP contribution is -2.37. The van der Waals surface area contributed by atoms with Crippen LogP contribution < -0.4 is 5.32 Å². The second-order valence-electron chi connectivity index (χ2n) is 6.33. The Morgan fingerprint density at radius 1 is 0.964 bits per heavy atom. The van der Waals surface area contributed by atoms with Crippen molar-refractivity contribution in [2.24, 2.45) is 0 Å². The quantitative estimate of drug-likeness (QED) is 0.771. The molecule has 0 saturated carbocycles. The normalized spacial score (nSPS) is 13.3. The molecule has 1 N–H and O–H groups in total. The number of likely N-dealkylation sites (tertiary alicyclic amines) is 1. The molecule has 2 aromatic rings. The van der Waals surface area contributed by atoms with Gasteiger partial charge in [-0.15, -0.1) is 0 Å². The first-order chi connectivity index (χ1) is 13.5. The van der Waals surface area contributed by atoms with E-state index in [1.807, 2.05) is 42.5 Å². The molecule has 2 aromatic carbocycles. The zero-order chi connectivity index (χ0) is 19.9. The lowest BCUT2D eigenvalue weighted by molar-refractivity contribution is -0.154. The van der Waals surface area contributed by atoms with Crippen molar-refractivity contribution in [3.05, 3.63) is 60.2 Å². The van der Waals surface area contributed by atoms with E-state index in [-0.39, 0.29) is 12.5 Å². The molecule has 7 nitrogen and oxygen atoms in total. The van der Waals surface area contributed by atoms with Crippen LogP contribution in [0, 0.1) is 0 Å². The molecule has 1 saturated heterocycles. The van der Waals surface area contributed by atoms with Crippen LogP contribution in [-0.2, 0) is 19.1 Å².